The van der Waals surface area contributed by atoms with Crippen molar-refractivity contribution >= 4 is 34.6 Å². The number of carbonyl (C=O) groups excluding carboxylic acids is 1. The summed E-state index contributed by atoms with van der Waals surface area (Å²) < 4.78 is 19.2. The van der Waals surface area contributed by atoms with E-state index in [2.05, 4.69) is 4.99 Å². The summed E-state index contributed by atoms with van der Waals surface area (Å²) in [6, 6.07) is 9.88. The predicted molar refractivity (Wildman–Crippen MR) is 89.9 cm³/mol. The number of carbonyl (C=O) groups is 1. The van der Waals surface area contributed by atoms with Gasteiger partial charge in [-0.2, -0.15) is 0 Å². The Morgan fingerprint density at radius 3 is 2.74 bits per heavy atom. The van der Waals surface area contributed by atoms with Gasteiger partial charge in [-0.1, -0.05) is 12.1 Å². The standard InChI is InChI=1S/C17H15FN2O2S/c1-3-20-16(21)15(10-12-9-8-11(2)22-12)23-17(20)19-14-7-5-4-6-13(14)18/h4-10H,3H2,1-2H3/b15-10+,19-17?. The minimum absolute atomic E-state index is 0.151. The minimum atomic E-state index is -0.414. The second-order valence-corrected chi connectivity index (χ2v) is 5.96. The predicted octanol–water partition coefficient (Wildman–Crippen LogP) is 4.35. The Morgan fingerprint density at radius 2 is 2.09 bits per heavy atom. The SMILES string of the molecule is CCN1C(=O)/C(=C\c2ccc(C)o2)SC1=Nc1ccccc1F. The molecule has 0 spiro atoms. The van der Waals surface area contributed by atoms with Gasteiger partial charge < -0.3 is 4.42 Å². The van der Waals surface area contributed by atoms with E-state index in [-0.39, 0.29) is 11.6 Å². The molecule has 0 saturated carbocycles. The molecule has 1 aromatic carbocycles. The van der Waals surface area contributed by atoms with E-state index in [0.29, 0.717) is 22.4 Å². The number of para-hydroxylation sites is 1. The molecule has 1 aliphatic heterocycles. The van der Waals surface area contributed by atoms with E-state index in [1.807, 2.05) is 19.9 Å². The maximum atomic E-state index is 13.8. The first-order chi connectivity index (χ1) is 11.1. The number of hydrogen-bond acceptors (Lipinski definition) is 4. The van der Waals surface area contributed by atoms with Crippen LogP contribution in [0.15, 0.2) is 50.7 Å². The van der Waals surface area contributed by atoms with E-state index < -0.39 is 5.82 Å². The lowest BCUT2D eigenvalue weighted by Gasteiger charge is -2.12. The minimum Gasteiger partial charge on any atom is -0.462 e. The van der Waals surface area contributed by atoms with E-state index in [0.717, 1.165) is 5.76 Å². The van der Waals surface area contributed by atoms with Crippen LogP contribution in [0.3, 0.4) is 0 Å². The topological polar surface area (TPSA) is 45.8 Å². The molecule has 2 heterocycles. The van der Waals surface area contributed by atoms with Crippen molar-refractivity contribution in [2.45, 2.75) is 13.8 Å². The van der Waals surface area contributed by atoms with Crippen molar-refractivity contribution < 1.29 is 13.6 Å². The molecule has 1 aliphatic rings. The first-order valence-corrected chi connectivity index (χ1v) is 8.01. The zero-order valence-electron chi connectivity index (χ0n) is 12.7. The normalized spacial score (nSPS) is 18.4. The molecule has 1 fully saturated rings. The summed E-state index contributed by atoms with van der Waals surface area (Å²) >= 11 is 1.22. The third-order valence-electron chi connectivity index (χ3n) is 3.31. The summed E-state index contributed by atoms with van der Waals surface area (Å²) in [7, 11) is 0. The van der Waals surface area contributed by atoms with E-state index in [9.17, 15) is 9.18 Å². The number of amides is 1. The van der Waals surface area contributed by atoms with Gasteiger partial charge in [0.1, 0.15) is 23.0 Å². The first-order valence-electron chi connectivity index (χ1n) is 7.19. The molecular formula is C17H15FN2O2S. The molecule has 1 amide bonds. The maximum absolute atomic E-state index is 13.8. The van der Waals surface area contributed by atoms with Crippen molar-refractivity contribution in [3.63, 3.8) is 0 Å². The highest BCUT2D eigenvalue weighted by Crippen LogP contribution is 2.34. The molecule has 23 heavy (non-hydrogen) atoms. The maximum Gasteiger partial charge on any atom is 0.266 e. The van der Waals surface area contributed by atoms with E-state index in [1.165, 1.54) is 22.7 Å². The highest BCUT2D eigenvalue weighted by Gasteiger charge is 2.32. The summed E-state index contributed by atoms with van der Waals surface area (Å²) in [6.45, 7) is 4.16. The fourth-order valence-electron chi connectivity index (χ4n) is 2.18. The number of nitrogens with zero attached hydrogens (tertiary/aromatic N) is 2. The Kier molecular flexibility index (Phi) is 4.34. The Labute approximate surface area is 137 Å². The van der Waals surface area contributed by atoms with Gasteiger partial charge in [-0.3, -0.25) is 9.69 Å². The molecule has 118 valence electrons. The largest absolute Gasteiger partial charge is 0.462 e. The lowest BCUT2D eigenvalue weighted by Crippen LogP contribution is -2.28. The van der Waals surface area contributed by atoms with E-state index in [4.69, 9.17) is 4.42 Å². The number of likely N-dealkylation sites (N-methyl/N-ethyl adjacent to an activating group) is 1. The summed E-state index contributed by atoms with van der Waals surface area (Å²) in [4.78, 5) is 18.8. The number of amidine groups is 1. The molecule has 0 aliphatic carbocycles. The quantitative estimate of drug-likeness (QED) is 0.786. The van der Waals surface area contributed by atoms with Gasteiger partial charge in [0.05, 0.1) is 4.91 Å². The number of rotatable bonds is 3. The van der Waals surface area contributed by atoms with Crippen LogP contribution in [0.1, 0.15) is 18.4 Å². The van der Waals surface area contributed by atoms with Gasteiger partial charge in [0.2, 0.25) is 0 Å². The van der Waals surface area contributed by atoms with Crippen molar-refractivity contribution in [2.75, 3.05) is 6.54 Å². The molecule has 0 atom stereocenters. The van der Waals surface area contributed by atoms with Gasteiger partial charge in [-0.05, 0) is 49.9 Å². The van der Waals surface area contributed by atoms with Crippen LogP contribution in [0.5, 0.6) is 0 Å². The number of furan rings is 1. The molecule has 1 aromatic heterocycles. The molecule has 0 unspecified atom stereocenters. The summed E-state index contributed by atoms with van der Waals surface area (Å²) in [5.74, 6) is 0.825. The third kappa shape index (κ3) is 3.22. The molecule has 2 aromatic rings. The van der Waals surface area contributed by atoms with Crippen LogP contribution in [-0.2, 0) is 4.79 Å². The van der Waals surface area contributed by atoms with Crippen LogP contribution in [0.2, 0.25) is 0 Å². The molecule has 4 nitrogen and oxygen atoms in total. The van der Waals surface area contributed by atoms with Crippen LogP contribution in [0.25, 0.3) is 6.08 Å². The van der Waals surface area contributed by atoms with E-state index in [1.54, 1.807) is 30.3 Å². The lowest BCUT2D eigenvalue weighted by atomic mass is 10.3. The fraction of sp³-hybridized carbons (Fsp3) is 0.176. The number of aryl methyl sites for hydroxylation is 1. The van der Waals surface area contributed by atoms with Crippen molar-refractivity contribution in [2.24, 2.45) is 4.99 Å². The van der Waals surface area contributed by atoms with Crippen molar-refractivity contribution in [3.8, 4) is 0 Å². The van der Waals surface area contributed by atoms with Gasteiger partial charge in [-0.25, -0.2) is 9.38 Å². The second kappa shape index (κ2) is 6.42. The highest BCUT2D eigenvalue weighted by atomic mass is 32.2. The van der Waals surface area contributed by atoms with Gasteiger partial charge in [0.15, 0.2) is 5.17 Å². The van der Waals surface area contributed by atoms with Gasteiger partial charge in [0, 0.05) is 12.6 Å². The smallest absolute Gasteiger partial charge is 0.266 e. The summed E-state index contributed by atoms with van der Waals surface area (Å²) in [5, 5.41) is 0.470. The van der Waals surface area contributed by atoms with Crippen molar-refractivity contribution in [1.82, 2.24) is 4.90 Å². The zero-order valence-corrected chi connectivity index (χ0v) is 13.6. The van der Waals surface area contributed by atoms with Crippen LogP contribution >= 0.6 is 11.8 Å². The number of aliphatic imine (C=N–C) groups is 1. The molecule has 3 rings (SSSR count). The molecule has 6 heteroatoms. The lowest BCUT2D eigenvalue weighted by molar-refractivity contribution is -0.122. The Bertz CT molecular complexity index is 810. The highest BCUT2D eigenvalue weighted by molar-refractivity contribution is 8.18. The average Bonchev–Trinajstić information content (AvgIpc) is 3.06. The molecular weight excluding hydrogens is 315 g/mol. The van der Waals surface area contributed by atoms with Crippen molar-refractivity contribution in [1.29, 1.82) is 0 Å². The molecule has 1 saturated heterocycles. The van der Waals surface area contributed by atoms with Crippen molar-refractivity contribution in [3.05, 3.63) is 58.6 Å². The van der Waals surface area contributed by atoms with Gasteiger partial charge in [-0.15, -0.1) is 0 Å². The molecule has 0 N–H and O–H groups in total. The Hall–Kier alpha value is -2.34. The number of hydrogen-bond donors (Lipinski definition) is 0. The van der Waals surface area contributed by atoms with Gasteiger partial charge >= 0.3 is 0 Å². The Morgan fingerprint density at radius 1 is 1.30 bits per heavy atom. The summed E-state index contributed by atoms with van der Waals surface area (Å²) in [5.41, 5.74) is 0.219. The second-order valence-electron chi connectivity index (χ2n) is 4.95. The van der Waals surface area contributed by atoms with Crippen LogP contribution in [-0.4, -0.2) is 22.5 Å². The average molecular weight is 330 g/mol. The van der Waals surface area contributed by atoms with Gasteiger partial charge in [0.25, 0.3) is 5.91 Å². The molecule has 0 radical (unpaired) electrons. The third-order valence-corrected chi connectivity index (χ3v) is 4.31. The zero-order chi connectivity index (χ0) is 16.4. The van der Waals surface area contributed by atoms with E-state index >= 15 is 0 Å². The van der Waals surface area contributed by atoms with Crippen LogP contribution < -0.4 is 0 Å². The Balaban J connectivity index is 1.95. The summed E-state index contributed by atoms with van der Waals surface area (Å²) in [6.07, 6.45) is 1.69. The fourth-order valence-corrected chi connectivity index (χ4v) is 3.21. The number of benzene rings is 1. The molecule has 0 bridgehead atoms. The van der Waals surface area contributed by atoms with Crippen LogP contribution in [0.4, 0.5) is 10.1 Å². The number of thioether (sulfide) groups is 1. The van der Waals surface area contributed by atoms with Crippen LogP contribution in [0, 0.1) is 12.7 Å². The first kappa shape index (κ1) is 15.6. The monoisotopic (exact) mass is 330 g/mol. The number of halogens is 1.